The van der Waals surface area contributed by atoms with Crippen molar-refractivity contribution in [3.8, 4) is 0 Å². The Kier molecular flexibility index (Phi) is 5.83. The third-order valence-corrected chi connectivity index (χ3v) is 4.43. The topological polar surface area (TPSA) is 65.1 Å². The van der Waals surface area contributed by atoms with Gasteiger partial charge in [-0.05, 0) is 12.1 Å². The number of nitrogens with one attached hydrogen (secondary N) is 1. The number of carbonyl (C=O) groups excluding carboxylic acids is 2. The second-order valence-electron chi connectivity index (χ2n) is 6.11. The van der Waals surface area contributed by atoms with Crippen molar-refractivity contribution in [2.75, 3.05) is 63.9 Å². The minimum atomic E-state index is -0.437. The number of urea groups is 1. The van der Waals surface area contributed by atoms with Crippen LogP contribution in [0.25, 0.3) is 0 Å². The molecular weight excluding hydrogens is 327 g/mol. The summed E-state index contributed by atoms with van der Waals surface area (Å²) in [7, 11) is 0. The maximum absolute atomic E-state index is 13.8. The molecule has 3 rings (SSSR count). The first-order valence-electron chi connectivity index (χ1n) is 8.53. The third kappa shape index (κ3) is 4.46. The molecular formula is C17H23FN4O3. The fraction of sp³-hybridized carbons (Fsp3) is 0.529. The SMILES string of the molecule is O=C(CN1CCN(c2ccccc2F)C1=O)NCCN1CCOCC1. The summed E-state index contributed by atoms with van der Waals surface area (Å²) in [4.78, 5) is 29.5. The molecule has 0 aromatic heterocycles. The number of amides is 3. The van der Waals surface area contributed by atoms with E-state index in [0.717, 1.165) is 32.8 Å². The lowest BCUT2D eigenvalue weighted by molar-refractivity contribution is -0.121. The fourth-order valence-corrected chi connectivity index (χ4v) is 3.03. The van der Waals surface area contributed by atoms with Gasteiger partial charge in [-0.25, -0.2) is 9.18 Å². The van der Waals surface area contributed by atoms with E-state index >= 15 is 0 Å². The number of hydrogen-bond acceptors (Lipinski definition) is 4. The Morgan fingerprint density at radius 3 is 2.68 bits per heavy atom. The smallest absolute Gasteiger partial charge is 0.325 e. The Labute approximate surface area is 146 Å². The van der Waals surface area contributed by atoms with Gasteiger partial charge in [0.25, 0.3) is 0 Å². The molecule has 0 unspecified atom stereocenters. The Morgan fingerprint density at radius 1 is 1.16 bits per heavy atom. The predicted octanol–water partition coefficient (Wildman–Crippen LogP) is 0.516. The highest BCUT2D eigenvalue weighted by molar-refractivity contribution is 5.96. The number of ether oxygens (including phenoxy) is 1. The molecule has 25 heavy (non-hydrogen) atoms. The van der Waals surface area contributed by atoms with Gasteiger partial charge in [-0.2, -0.15) is 0 Å². The normalized spacial score (nSPS) is 18.7. The van der Waals surface area contributed by atoms with Gasteiger partial charge in [-0.15, -0.1) is 0 Å². The van der Waals surface area contributed by atoms with E-state index in [1.807, 2.05) is 0 Å². The fourth-order valence-electron chi connectivity index (χ4n) is 3.03. The molecule has 2 aliphatic rings. The maximum atomic E-state index is 13.8. The third-order valence-electron chi connectivity index (χ3n) is 4.43. The molecule has 1 aromatic rings. The van der Waals surface area contributed by atoms with E-state index in [9.17, 15) is 14.0 Å². The second kappa shape index (κ2) is 8.26. The summed E-state index contributed by atoms with van der Waals surface area (Å²) in [5.41, 5.74) is 0.253. The zero-order chi connectivity index (χ0) is 17.6. The van der Waals surface area contributed by atoms with E-state index in [-0.39, 0.29) is 24.2 Å². The van der Waals surface area contributed by atoms with Crippen LogP contribution in [-0.2, 0) is 9.53 Å². The van der Waals surface area contributed by atoms with Crippen LogP contribution < -0.4 is 10.2 Å². The summed E-state index contributed by atoms with van der Waals surface area (Å²) in [6, 6.07) is 5.82. The maximum Gasteiger partial charge on any atom is 0.325 e. The van der Waals surface area contributed by atoms with E-state index in [1.165, 1.54) is 15.9 Å². The highest BCUT2D eigenvalue weighted by atomic mass is 19.1. The van der Waals surface area contributed by atoms with E-state index in [4.69, 9.17) is 4.74 Å². The van der Waals surface area contributed by atoms with Crippen LogP contribution in [0, 0.1) is 5.82 Å². The first-order chi connectivity index (χ1) is 12.1. The molecule has 3 amide bonds. The van der Waals surface area contributed by atoms with Crippen molar-refractivity contribution in [2.45, 2.75) is 0 Å². The van der Waals surface area contributed by atoms with Crippen LogP contribution in [0.4, 0.5) is 14.9 Å². The van der Waals surface area contributed by atoms with E-state index in [1.54, 1.807) is 18.2 Å². The number of hydrogen-bond donors (Lipinski definition) is 1. The molecule has 8 heteroatoms. The molecule has 0 aliphatic carbocycles. The highest BCUT2D eigenvalue weighted by Gasteiger charge is 2.32. The van der Waals surface area contributed by atoms with Crippen molar-refractivity contribution >= 4 is 17.6 Å². The van der Waals surface area contributed by atoms with Gasteiger partial charge < -0.3 is 15.0 Å². The van der Waals surface area contributed by atoms with E-state index in [0.29, 0.717) is 19.6 Å². The molecule has 7 nitrogen and oxygen atoms in total. The zero-order valence-electron chi connectivity index (χ0n) is 14.1. The van der Waals surface area contributed by atoms with Crippen molar-refractivity contribution in [2.24, 2.45) is 0 Å². The molecule has 0 bridgehead atoms. The monoisotopic (exact) mass is 350 g/mol. The predicted molar refractivity (Wildman–Crippen MR) is 91.0 cm³/mol. The van der Waals surface area contributed by atoms with Gasteiger partial charge in [0.15, 0.2) is 0 Å². The number of morpholine rings is 1. The Balaban J connectivity index is 1.44. The summed E-state index contributed by atoms with van der Waals surface area (Å²) in [5.74, 6) is -0.635. The Bertz CT molecular complexity index is 622. The Morgan fingerprint density at radius 2 is 1.92 bits per heavy atom. The summed E-state index contributed by atoms with van der Waals surface area (Å²) >= 11 is 0. The average molecular weight is 350 g/mol. The molecule has 2 fully saturated rings. The van der Waals surface area contributed by atoms with Gasteiger partial charge in [-0.1, -0.05) is 12.1 Å². The van der Waals surface area contributed by atoms with Crippen molar-refractivity contribution < 1.29 is 18.7 Å². The Hall–Kier alpha value is -2.19. The quantitative estimate of drug-likeness (QED) is 0.812. The second-order valence-corrected chi connectivity index (χ2v) is 6.11. The van der Waals surface area contributed by atoms with Crippen LogP contribution in [0.3, 0.4) is 0 Å². The summed E-state index contributed by atoms with van der Waals surface area (Å²) in [6.45, 7) is 5.28. The largest absolute Gasteiger partial charge is 0.379 e. The van der Waals surface area contributed by atoms with Gasteiger partial charge in [-0.3, -0.25) is 14.6 Å². The van der Waals surface area contributed by atoms with Crippen molar-refractivity contribution in [1.82, 2.24) is 15.1 Å². The highest BCUT2D eigenvalue weighted by Crippen LogP contribution is 2.23. The number of halogens is 1. The molecule has 2 aliphatic heterocycles. The van der Waals surface area contributed by atoms with E-state index < -0.39 is 5.82 Å². The van der Waals surface area contributed by atoms with Gasteiger partial charge >= 0.3 is 6.03 Å². The number of para-hydroxylation sites is 1. The number of rotatable bonds is 6. The summed E-state index contributed by atoms with van der Waals surface area (Å²) < 4.78 is 19.1. The minimum Gasteiger partial charge on any atom is -0.379 e. The van der Waals surface area contributed by atoms with Crippen LogP contribution in [-0.4, -0.2) is 80.8 Å². The van der Waals surface area contributed by atoms with Crippen LogP contribution in [0.2, 0.25) is 0 Å². The molecule has 2 saturated heterocycles. The molecule has 0 radical (unpaired) electrons. The number of anilines is 1. The molecule has 1 N–H and O–H groups in total. The summed E-state index contributed by atoms with van der Waals surface area (Å²) in [5, 5.41) is 2.84. The number of carbonyl (C=O) groups is 2. The van der Waals surface area contributed by atoms with Crippen molar-refractivity contribution in [3.63, 3.8) is 0 Å². The van der Waals surface area contributed by atoms with Gasteiger partial charge in [0.05, 0.1) is 18.9 Å². The van der Waals surface area contributed by atoms with Crippen LogP contribution in [0.15, 0.2) is 24.3 Å². The van der Waals surface area contributed by atoms with Crippen LogP contribution >= 0.6 is 0 Å². The average Bonchev–Trinajstić information content (AvgIpc) is 2.97. The lowest BCUT2D eigenvalue weighted by atomic mass is 10.3. The lowest BCUT2D eigenvalue weighted by Crippen LogP contribution is -2.44. The molecule has 1 aromatic carbocycles. The van der Waals surface area contributed by atoms with Gasteiger partial charge in [0.2, 0.25) is 5.91 Å². The zero-order valence-corrected chi connectivity index (χ0v) is 14.1. The van der Waals surface area contributed by atoms with E-state index in [2.05, 4.69) is 10.2 Å². The first-order valence-corrected chi connectivity index (χ1v) is 8.53. The number of benzene rings is 1. The molecule has 136 valence electrons. The molecule has 0 saturated carbocycles. The minimum absolute atomic E-state index is 0.00705. The molecule has 0 atom stereocenters. The van der Waals surface area contributed by atoms with Crippen LogP contribution in [0.5, 0.6) is 0 Å². The summed E-state index contributed by atoms with van der Waals surface area (Å²) in [6.07, 6.45) is 0. The van der Waals surface area contributed by atoms with Gasteiger partial charge in [0, 0.05) is 39.3 Å². The van der Waals surface area contributed by atoms with Crippen molar-refractivity contribution in [1.29, 1.82) is 0 Å². The van der Waals surface area contributed by atoms with Crippen molar-refractivity contribution in [3.05, 3.63) is 30.1 Å². The molecule has 2 heterocycles. The number of nitrogens with zero attached hydrogens (tertiary/aromatic N) is 3. The lowest BCUT2D eigenvalue weighted by Gasteiger charge is -2.26. The van der Waals surface area contributed by atoms with Crippen LogP contribution in [0.1, 0.15) is 0 Å². The molecule has 0 spiro atoms. The first kappa shape index (κ1) is 17.6. The standard InChI is InChI=1S/C17H23FN4O3/c18-14-3-1-2-4-15(14)22-8-7-21(17(22)24)13-16(23)19-5-6-20-9-11-25-12-10-20/h1-4H,5-13H2,(H,19,23). The van der Waals surface area contributed by atoms with Gasteiger partial charge in [0.1, 0.15) is 12.4 Å².